The Hall–Kier alpha value is -4.19. The molecule has 3 aromatic heterocycles. The fraction of sp³-hybridized carbons (Fsp3) is 0.346. The molecule has 6 N–H and O–H groups in total. The lowest BCUT2D eigenvalue weighted by Gasteiger charge is -2.50. The second-order valence-electron chi connectivity index (χ2n) is 10.2. The van der Waals surface area contributed by atoms with Crippen LogP contribution in [-0.4, -0.2) is 78.3 Å². The number of hydrogen-bond donors (Lipinski definition) is 4. The summed E-state index contributed by atoms with van der Waals surface area (Å²) in [5.74, 6) is -4.25. The molecule has 2 aliphatic rings. The number of nitrogens with one attached hydrogen (secondary N) is 1. The number of fused-ring (bicyclic) bond motifs is 2. The zero-order valence-corrected chi connectivity index (χ0v) is 25.7. The van der Waals surface area contributed by atoms with Gasteiger partial charge in [-0.1, -0.05) is 28.1 Å². The van der Waals surface area contributed by atoms with Gasteiger partial charge in [0.2, 0.25) is 11.6 Å². The first-order chi connectivity index (χ1) is 20.9. The number of aromatic nitrogens is 3. The van der Waals surface area contributed by atoms with Crippen molar-refractivity contribution in [2.45, 2.75) is 50.5 Å². The molecule has 0 radical (unpaired) electrons. The van der Waals surface area contributed by atoms with Gasteiger partial charge in [-0.25, -0.2) is 9.78 Å². The number of nitrogen functional groups attached to an aromatic ring is 1. The third-order valence-corrected chi connectivity index (χ3v) is 9.30. The van der Waals surface area contributed by atoms with Crippen LogP contribution in [0.4, 0.5) is 5.13 Å². The number of oxime groups is 1. The summed E-state index contributed by atoms with van der Waals surface area (Å²) in [5.41, 5.74) is 13.0. The van der Waals surface area contributed by atoms with Crippen molar-refractivity contribution in [2.24, 2.45) is 10.9 Å². The van der Waals surface area contributed by atoms with Crippen molar-refractivity contribution in [1.82, 2.24) is 19.8 Å². The number of rotatable bonds is 11. The summed E-state index contributed by atoms with van der Waals surface area (Å²) in [6.45, 7) is 3.89. The number of hydrogen-bond acceptors (Lipinski definition) is 12. The van der Waals surface area contributed by atoms with Gasteiger partial charge >= 0.3 is 5.97 Å². The van der Waals surface area contributed by atoms with Gasteiger partial charge in [-0.05, 0) is 19.9 Å². The summed E-state index contributed by atoms with van der Waals surface area (Å²) >= 11 is 8.28. The number of halogens is 1. The molecule has 0 bridgehead atoms. The lowest BCUT2D eigenvalue weighted by molar-refractivity contribution is -0.663. The van der Waals surface area contributed by atoms with Gasteiger partial charge in [0.25, 0.3) is 11.8 Å². The average molecular weight is 663 g/mol. The second-order valence-corrected chi connectivity index (χ2v) is 12.9. The van der Waals surface area contributed by atoms with E-state index in [1.807, 2.05) is 46.7 Å². The summed E-state index contributed by atoms with van der Waals surface area (Å²) in [4.78, 5) is 60.1. The lowest BCUT2D eigenvalue weighted by Crippen LogP contribution is -2.71. The van der Waals surface area contributed by atoms with Crippen LogP contribution in [0.3, 0.4) is 0 Å². The molecule has 0 unspecified atom stereocenters. The molecule has 5 rings (SSSR count). The van der Waals surface area contributed by atoms with E-state index in [-0.39, 0.29) is 39.2 Å². The molecule has 15 nitrogen and oxygen atoms in total. The SMILES string of the molecule is C[C@H](N)Cn1ccc2c1ccc[n+]2CC1=C(C(=O)[O-])N2C(=O)[C@@H](NC(=O)/C(=N\O[C@@H](C)C(=O)O)c3nc(N)sc3Cl)[C@H]2SC1. The molecule has 3 aromatic rings. The van der Waals surface area contributed by atoms with Gasteiger partial charge in [0.15, 0.2) is 23.6 Å². The van der Waals surface area contributed by atoms with Crippen LogP contribution in [0.2, 0.25) is 4.34 Å². The molecule has 1 saturated heterocycles. The van der Waals surface area contributed by atoms with E-state index < -0.39 is 47.0 Å². The van der Waals surface area contributed by atoms with E-state index in [1.165, 1.54) is 18.7 Å². The molecule has 0 spiro atoms. The molecule has 0 aromatic carbocycles. The molecule has 18 heteroatoms. The van der Waals surface area contributed by atoms with Crippen LogP contribution in [-0.2, 0) is 37.1 Å². The van der Waals surface area contributed by atoms with Crippen LogP contribution in [0.25, 0.3) is 11.0 Å². The summed E-state index contributed by atoms with van der Waals surface area (Å²) in [6, 6.07) is 4.50. The van der Waals surface area contributed by atoms with Gasteiger partial charge in [-0.15, -0.1) is 11.8 Å². The molecule has 2 aliphatic heterocycles. The number of anilines is 1. The zero-order chi connectivity index (χ0) is 31.9. The molecule has 232 valence electrons. The van der Waals surface area contributed by atoms with Crippen molar-refractivity contribution in [1.29, 1.82) is 0 Å². The molecule has 0 saturated carbocycles. The standard InChI is InChI=1S/C26H27ClN8O7S2/c1-11(28)8-34-7-5-15-14(34)4-3-6-33(15)9-13-10-43-23-18(22(37)35(23)19(13)25(40)41)30-21(36)17(32-42-12(2)24(38)39)16-20(27)44-26(29)31-16/h3-7,11-12,18,23H,8-10,28H2,1-2H3,(H4-,29,30,31,36,38,39,40,41)/b32-17-/t11-,12-,18+,23+/m0/s1. The van der Waals surface area contributed by atoms with Crippen LogP contribution in [0, 0.1) is 0 Å². The fourth-order valence-corrected chi connectivity index (χ4v) is 7.13. The van der Waals surface area contributed by atoms with Crippen LogP contribution in [0.15, 0.2) is 47.0 Å². The summed E-state index contributed by atoms with van der Waals surface area (Å²) < 4.78 is 3.89. The minimum atomic E-state index is -1.52. The van der Waals surface area contributed by atoms with Crippen molar-refractivity contribution < 1.29 is 38.8 Å². The Morgan fingerprint density at radius 3 is 2.75 bits per heavy atom. The number of thiazole rings is 1. The molecule has 5 heterocycles. The van der Waals surface area contributed by atoms with E-state index in [2.05, 4.69) is 15.5 Å². The zero-order valence-electron chi connectivity index (χ0n) is 23.3. The average Bonchev–Trinajstić information content (AvgIpc) is 3.52. The van der Waals surface area contributed by atoms with E-state index in [9.17, 15) is 24.3 Å². The van der Waals surface area contributed by atoms with Crippen molar-refractivity contribution in [3.63, 3.8) is 0 Å². The molecular formula is C26H27ClN8O7S2. The van der Waals surface area contributed by atoms with Gasteiger partial charge in [0.05, 0.1) is 11.7 Å². The fourth-order valence-electron chi connectivity index (χ4n) is 4.86. The van der Waals surface area contributed by atoms with Crippen molar-refractivity contribution >= 4 is 80.3 Å². The van der Waals surface area contributed by atoms with Crippen LogP contribution in [0.1, 0.15) is 19.5 Å². The predicted octanol–water partition coefficient (Wildman–Crippen LogP) is -0.734. The third-order valence-electron chi connectivity index (χ3n) is 6.88. The Balaban J connectivity index is 1.38. The number of β-lactam (4-membered cyclic amide) rings is 1. The van der Waals surface area contributed by atoms with Gasteiger partial charge in [0, 0.05) is 42.2 Å². The Morgan fingerprint density at radius 2 is 2.11 bits per heavy atom. The maximum Gasteiger partial charge on any atom is 0.347 e. The van der Waals surface area contributed by atoms with Gasteiger partial charge < -0.3 is 41.2 Å². The van der Waals surface area contributed by atoms with E-state index >= 15 is 0 Å². The van der Waals surface area contributed by atoms with Gasteiger partial charge in [-0.3, -0.25) is 14.5 Å². The predicted molar refractivity (Wildman–Crippen MR) is 159 cm³/mol. The summed E-state index contributed by atoms with van der Waals surface area (Å²) in [5, 5.41) is 26.9. The number of pyridine rings is 1. The normalized spacial score (nSPS) is 19.8. The summed E-state index contributed by atoms with van der Waals surface area (Å²) in [6.07, 6.45) is 2.32. The number of carboxylic acid groups (broad SMARTS) is 2. The first kappa shape index (κ1) is 31.2. The number of aliphatic carboxylic acids is 2. The van der Waals surface area contributed by atoms with E-state index in [4.69, 9.17) is 33.0 Å². The van der Waals surface area contributed by atoms with Crippen LogP contribution in [0.5, 0.6) is 0 Å². The maximum atomic E-state index is 13.3. The number of thioether (sulfide) groups is 1. The first-order valence-electron chi connectivity index (χ1n) is 13.2. The largest absolute Gasteiger partial charge is 0.543 e. The highest BCUT2D eigenvalue weighted by atomic mass is 35.5. The second kappa shape index (κ2) is 12.4. The number of amides is 2. The molecule has 44 heavy (non-hydrogen) atoms. The highest BCUT2D eigenvalue weighted by Gasteiger charge is 2.53. The van der Waals surface area contributed by atoms with Crippen molar-refractivity contribution in [2.75, 3.05) is 11.5 Å². The number of carbonyl (C=O) groups excluding carboxylic acids is 3. The van der Waals surface area contributed by atoms with E-state index in [0.29, 0.717) is 12.1 Å². The molecule has 1 fully saturated rings. The van der Waals surface area contributed by atoms with Crippen LogP contribution >= 0.6 is 34.7 Å². The highest BCUT2D eigenvalue weighted by molar-refractivity contribution is 8.00. The molecular weight excluding hydrogens is 636 g/mol. The topological polar surface area (TPSA) is 222 Å². The number of nitrogens with two attached hydrogens (primary N) is 2. The van der Waals surface area contributed by atoms with Crippen LogP contribution < -0.4 is 26.5 Å². The summed E-state index contributed by atoms with van der Waals surface area (Å²) in [7, 11) is 0. The van der Waals surface area contributed by atoms with E-state index in [0.717, 1.165) is 27.3 Å². The lowest BCUT2D eigenvalue weighted by atomic mass is 10.0. The number of carbonyl (C=O) groups is 4. The minimum Gasteiger partial charge on any atom is -0.543 e. The van der Waals surface area contributed by atoms with Gasteiger partial charge in [-0.2, -0.15) is 4.57 Å². The van der Waals surface area contributed by atoms with Crippen molar-refractivity contribution in [3.05, 3.63) is 51.9 Å². The van der Waals surface area contributed by atoms with Crippen molar-refractivity contribution in [3.8, 4) is 0 Å². The Bertz CT molecular complexity index is 1740. The van der Waals surface area contributed by atoms with Gasteiger partial charge in [0.1, 0.15) is 27.0 Å². The Morgan fingerprint density at radius 1 is 1.36 bits per heavy atom. The quantitative estimate of drug-likeness (QED) is 0.0867. The highest BCUT2D eigenvalue weighted by Crippen LogP contribution is 2.40. The maximum absolute atomic E-state index is 13.3. The first-order valence-corrected chi connectivity index (χ1v) is 15.4. The molecule has 4 atom stereocenters. The minimum absolute atomic E-state index is 0.0104. The molecule has 0 aliphatic carbocycles. The monoisotopic (exact) mass is 662 g/mol. The Labute approximate surface area is 263 Å². The Kier molecular flexibility index (Phi) is 8.83. The smallest absolute Gasteiger partial charge is 0.347 e. The number of nitrogens with zero attached hydrogens (tertiary/aromatic N) is 5. The third kappa shape index (κ3) is 5.95. The molecule has 2 amide bonds. The van der Waals surface area contributed by atoms with E-state index in [1.54, 1.807) is 0 Å². The number of carboxylic acids is 2.